The monoisotopic (exact) mass is 559 g/mol. The third-order valence-electron chi connectivity index (χ3n) is 7.06. The molecule has 1 amide bonds. The molecule has 0 bridgehead atoms. The van der Waals surface area contributed by atoms with E-state index in [1.165, 1.54) is 0 Å². The quantitative estimate of drug-likeness (QED) is 0.317. The molecule has 4 aromatic rings. The number of aryl methyl sites for hydroxylation is 4. The Labute approximate surface area is 236 Å². The standard InChI is InChI=1S/C29H33N7O5/c1-6-41-25-13-20-7-9-34-23(21(20)14-24(25)40-5)15-26(31-27-18(3)11-17(2)12-19(27)4)35(29(34)38)10-8-30-28(37)22-16-36(39)33-32-22/h11-16,39H,6-10H2,1-5H3,(H,30,37)/b31-26+. The number of nitrogens with one attached hydrogen (secondary N) is 1. The summed E-state index contributed by atoms with van der Waals surface area (Å²) in [5, 5.41) is 19.0. The van der Waals surface area contributed by atoms with E-state index in [2.05, 4.69) is 27.8 Å². The number of carbonyl (C=O) groups excluding carboxylic acids is 1. The molecule has 0 radical (unpaired) electrons. The number of carbonyl (C=O) groups is 1. The molecule has 0 fully saturated rings. The van der Waals surface area contributed by atoms with Crippen LogP contribution in [0.1, 0.15) is 39.7 Å². The van der Waals surface area contributed by atoms with Gasteiger partial charge in [0.25, 0.3) is 5.91 Å². The van der Waals surface area contributed by atoms with Gasteiger partial charge < -0.3 is 20.0 Å². The van der Waals surface area contributed by atoms with Gasteiger partial charge in [-0.1, -0.05) is 22.5 Å². The number of nitrogens with zero attached hydrogens (tertiary/aromatic N) is 6. The average Bonchev–Trinajstić information content (AvgIpc) is 3.38. The highest BCUT2D eigenvalue weighted by molar-refractivity contribution is 5.91. The average molecular weight is 560 g/mol. The summed E-state index contributed by atoms with van der Waals surface area (Å²) in [6, 6.07) is 9.93. The van der Waals surface area contributed by atoms with Crippen LogP contribution in [0.3, 0.4) is 0 Å². The number of hydrogen-bond donors (Lipinski definition) is 2. The summed E-state index contributed by atoms with van der Waals surface area (Å²) < 4.78 is 14.7. The molecule has 2 aromatic carbocycles. The van der Waals surface area contributed by atoms with E-state index in [0.717, 1.165) is 45.4 Å². The van der Waals surface area contributed by atoms with Crippen LogP contribution in [0.25, 0.3) is 11.3 Å². The molecule has 5 rings (SSSR count). The minimum absolute atomic E-state index is 0.0348. The molecule has 41 heavy (non-hydrogen) atoms. The van der Waals surface area contributed by atoms with Crippen LogP contribution in [0.4, 0.5) is 5.69 Å². The third-order valence-corrected chi connectivity index (χ3v) is 7.06. The van der Waals surface area contributed by atoms with E-state index in [4.69, 9.17) is 14.5 Å². The zero-order valence-electron chi connectivity index (χ0n) is 23.8. The van der Waals surface area contributed by atoms with Gasteiger partial charge in [0.2, 0.25) is 0 Å². The number of rotatable bonds is 8. The van der Waals surface area contributed by atoms with Gasteiger partial charge in [-0.15, -0.1) is 5.10 Å². The molecule has 12 nitrogen and oxygen atoms in total. The van der Waals surface area contributed by atoms with Gasteiger partial charge in [0, 0.05) is 31.3 Å². The number of ether oxygens (including phenoxy) is 2. The summed E-state index contributed by atoms with van der Waals surface area (Å²) >= 11 is 0. The van der Waals surface area contributed by atoms with Crippen molar-refractivity contribution in [2.45, 2.75) is 47.2 Å². The molecule has 1 aliphatic heterocycles. The number of fused-ring (bicyclic) bond motifs is 3. The van der Waals surface area contributed by atoms with Crippen molar-refractivity contribution >= 4 is 11.6 Å². The van der Waals surface area contributed by atoms with Crippen molar-refractivity contribution in [3.8, 4) is 22.8 Å². The molecule has 0 aliphatic carbocycles. The Morgan fingerprint density at radius 2 is 1.88 bits per heavy atom. The maximum absolute atomic E-state index is 14.0. The van der Waals surface area contributed by atoms with Crippen LogP contribution in [0.15, 0.2) is 46.3 Å². The normalized spacial score (nSPS) is 12.6. The Balaban J connectivity index is 1.63. The van der Waals surface area contributed by atoms with Crippen molar-refractivity contribution in [2.24, 2.45) is 4.99 Å². The first-order valence-corrected chi connectivity index (χ1v) is 13.4. The maximum atomic E-state index is 14.0. The molecule has 2 N–H and O–H groups in total. The number of hydrogen-bond acceptors (Lipinski definition) is 8. The molecule has 2 aromatic heterocycles. The van der Waals surface area contributed by atoms with Gasteiger partial charge in [-0.2, -0.15) is 0 Å². The summed E-state index contributed by atoms with van der Waals surface area (Å²) in [6.07, 6.45) is 1.75. The van der Waals surface area contributed by atoms with Crippen molar-refractivity contribution in [1.82, 2.24) is 29.6 Å². The van der Waals surface area contributed by atoms with E-state index in [9.17, 15) is 14.8 Å². The molecule has 214 valence electrons. The fourth-order valence-electron chi connectivity index (χ4n) is 5.27. The van der Waals surface area contributed by atoms with Crippen LogP contribution in [0, 0.1) is 20.8 Å². The van der Waals surface area contributed by atoms with Gasteiger partial charge in [-0.05, 0) is 68.2 Å². The van der Waals surface area contributed by atoms with Crippen molar-refractivity contribution in [2.75, 3.05) is 20.3 Å². The molecule has 12 heteroatoms. The predicted octanol–water partition coefficient (Wildman–Crippen LogP) is 2.70. The second-order valence-electron chi connectivity index (χ2n) is 9.96. The van der Waals surface area contributed by atoms with Gasteiger partial charge in [-0.25, -0.2) is 9.79 Å². The Morgan fingerprint density at radius 1 is 1.12 bits per heavy atom. The highest BCUT2D eigenvalue weighted by Crippen LogP contribution is 2.37. The second-order valence-corrected chi connectivity index (χ2v) is 9.96. The Kier molecular flexibility index (Phi) is 7.64. The van der Waals surface area contributed by atoms with Crippen molar-refractivity contribution < 1.29 is 19.5 Å². The molecule has 0 unspecified atom stereocenters. The topological polar surface area (TPSA) is 138 Å². The Bertz CT molecular complexity index is 1740. The molecule has 0 spiro atoms. The van der Waals surface area contributed by atoms with E-state index in [1.54, 1.807) is 16.2 Å². The van der Waals surface area contributed by atoms with E-state index in [1.807, 2.05) is 45.9 Å². The van der Waals surface area contributed by atoms with Crippen LogP contribution >= 0.6 is 0 Å². The van der Waals surface area contributed by atoms with Crippen LogP contribution in [-0.2, 0) is 19.5 Å². The maximum Gasteiger partial charge on any atom is 0.330 e. The van der Waals surface area contributed by atoms with Gasteiger partial charge in [0.1, 0.15) is 5.49 Å². The zero-order chi connectivity index (χ0) is 29.3. The van der Waals surface area contributed by atoms with E-state index < -0.39 is 5.91 Å². The Morgan fingerprint density at radius 3 is 2.54 bits per heavy atom. The summed E-state index contributed by atoms with van der Waals surface area (Å²) in [5.74, 6) is 0.747. The van der Waals surface area contributed by atoms with Crippen molar-refractivity contribution in [3.05, 3.63) is 80.4 Å². The van der Waals surface area contributed by atoms with Crippen molar-refractivity contribution in [1.29, 1.82) is 0 Å². The number of aromatic nitrogens is 5. The summed E-state index contributed by atoms with van der Waals surface area (Å²) in [4.78, 5) is 31.9. The van der Waals surface area contributed by atoms with E-state index in [0.29, 0.717) is 41.4 Å². The second kappa shape index (κ2) is 11.3. The first-order chi connectivity index (χ1) is 19.7. The molecular formula is C29H33N7O5. The van der Waals surface area contributed by atoms with Gasteiger partial charge >= 0.3 is 5.69 Å². The lowest BCUT2D eigenvalue weighted by molar-refractivity contribution is 0.0945. The third kappa shape index (κ3) is 5.45. The van der Waals surface area contributed by atoms with Gasteiger partial charge in [-0.3, -0.25) is 13.9 Å². The van der Waals surface area contributed by atoms with Gasteiger partial charge in [0.05, 0.1) is 31.3 Å². The van der Waals surface area contributed by atoms with Crippen LogP contribution in [-0.4, -0.2) is 55.7 Å². The molecular weight excluding hydrogens is 526 g/mol. The first kappa shape index (κ1) is 27.7. The fourth-order valence-corrected chi connectivity index (χ4v) is 5.27. The number of amides is 1. The number of benzene rings is 2. The smallest absolute Gasteiger partial charge is 0.330 e. The zero-order valence-corrected chi connectivity index (χ0v) is 23.8. The first-order valence-electron chi connectivity index (χ1n) is 13.4. The highest BCUT2D eigenvalue weighted by Gasteiger charge is 2.23. The highest BCUT2D eigenvalue weighted by atomic mass is 16.5. The van der Waals surface area contributed by atoms with Crippen LogP contribution in [0.5, 0.6) is 11.5 Å². The predicted molar refractivity (Wildman–Crippen MR) is 151 cm³/mol. The van der Waals surface area contributed by atoms with E-state index in [-0.39, 0.29) is 24.5 Å². The van der Waals surface area contributed by atoms with Gasteiger partial charge in [0.15, 0.2) is 17.2 Å². The molecule has 1 aliphatic rings. The van der Waals surface area contributed by atoms with Crippen LogP contribution < -0.4 is 26.0 Å². The summed E-state index contributed by atoms with van der Waals surface area (Å²) in [5.41, 5.74) is 6.78. The number of methoxy groups -OCH3 is 1. The Hall–Kier alpha value is -4.87. The summed E-state index contributed by atoms with van der Waals surface area (Å²) in [6.45, 7) is 9.25. The largest absolute Gasteiger partial charge is 0.493 e. The lowest BCUT2D eigenvalue weighted by Gasteiger charge is -2.25. The molecule has 3 heterocycles. The molecule has 0 saturated carbocycles. The molecule has 0 saturated heterocycles. The lowest BCUT2D eigenvalue weighted by Crippen LogP contribution is -2.44. The summed E-state index contributed by atoms with van der Waals surface area (Å²) in [7, 11) is 1.60. The minimum Gasteiger partial charge on any atom is -0.493 e. The van der Waals surface area contributed by atoms with Crippen LogP contribution in [0.2, 0.25) is 0 Å². The van der Waals surface area contributed by atoms with E-state index >= 15 is 0 Å². The molecule has 0 atom stereocenters. The van der Waals surface area contributed by atoms with Crippen molar-refractivity contribution in [3.63, 3.8) is 0 Å². The minimum atomic E-state index is -0.515. The fraction of sp³-hybridized carbons (Fsp3) is 0.345. The SMILES string of the molecule is CCOc1cc2c(cc1OC)-c1c/c(=N\c3c(C)cc(C)cc3C)n(CCNC(=O)c3cn(O)nn3)c(=O)n1CC2. The lowest BCUT2D eigenvalue weighted by atomic mass is 9.97.